The van der Waals surface area contributed by atoms with Gasteiger partial charge in [0.1, 0.15) is 6.10 Å². The van der Waals surface area contributed by atoms with E-state index in [1.54, 1.807) is 6.20 Å². The van der Waals surface area contributed by atoms with Crippen LogP contribution in [0.4, 0.5) is 10.5 Å². The van der Waals surface area contributed by atoms with Gasteiger partial charge in [-0.2, -0.15) is 0 Å². The second-order valence-electron chi connectivity index (χ2n) is 7.65. The molecule has 1 saturated heterocycles. The predicted molar refractivity (Wildman–Crippen MR) is 113 cm³/mol. The molecule has 1 aromatic heterocycles. The molecule has 4 rings (SSSR count). The fraction of sp³-hybridized carbons (Fsp3) is 0.429. The third kappa shape index (κ3) is 4.91. The Morgan fingerprint density at radius 2 is 2.10 bits per heavy atom. The van der Waals surface area contributed by atoms with E-state index >= 15 is 0 Å². The molecule has 1 aliphatic carbocycles. The lowest BCUT2D eigenvalue weighted by molar-refractivity contribution is 0.00552. The van der Waals surface area contributed by atoms with Crippen LogP contribution in [0.2, 0.25) is 0 Å². The van der Waals surface area contributed by atoms with Gasteiger partial charge in [0.2, 0.25) is 15.9 Å². The summed E-state index contributed by atoms with van der Waals surface area (Å²) in [6, 6.07) is 6.92. The van der Waals surface area contributed by atoms with Gasteiger partial charge in [0.05, 0.1) is 18.6 Å². The van der Waals surface area contributed by atoms with E-state index in [1.807, 2.05) is 22.9 Å². The third-order valence-corrected chi connectivity index (χ3v) is 5.81. The largest absolute Gasteiger partial charge is 0.472 e. The molecular weight excluding hydrogens is 406 g/mol. The molecule has 9 heteroatoms. The van der Waals surface area contributed by atoms with Gasteiger partial charge >= 0.3 is 6.03 Å². The van der Waals surface area contributed by atoms with Crippen LogP contribution in [0.25, 0.3) is 11.1 Å². The molecule has 0 bridgehead atoms. The number of anilines is 1. The number of amides is 2. The van der Waals surface area contributed by atoms with Gasteiger partial charge in [-0.25, -0.2) is 22.9 Å². The van der Waals surface area contributed by atoms with Crippen LogP contribution in [-0.4, -0.2) is 45.0 Å². The number of benzene rings is 1. The number of rotatable bonds is 5. The number of carbonyl (C=O) groups is 1. The molecule has 160 valence electrons. The average molecular weight is 432 g/mol. The van der Waals surface area contributed by atoms with Crippen molar-refractivity contribution in [2.45, 2.75) is 38.2 Å². The van der Waals surface area contributed by atoms with Crippen LogP contribution in [0.15, 0.2) is 30.5 Å². The van der Waals surface area contributed by atoms with Crippen LogP contribution in [0.3, 0.4) is 0 Å². The Morgan fingerprint density at radius 3 is 2.87 bits per heavy atom. The molecule has 2 N–H and O–H groups in total. The highest BCUT2D eigenvalue weighted by atomic mass is 32.2. The van der Waals surface area contributed by atoms with E-state index in [2.05, 4.69) is 16.4 Å². The molecule has 1 atom stereocenters. The Kier molecular flexibility index (Phi) is 5.92. The third-order valence-electron chi connectivity index (χ3n) is 5.25. The number of urea groups is 1. The van der Waals surface area contributed by atoms with Gasteiger partial charge in [-0.05, 0) is 54.9 Å². The summed E-state index contributed by atoms with van der Waals surface area (Å²) in [7, 11) is -3.66. The molecule has 8 nitrogen and oxygen atoms in total. The Morgan fingerprint density at radius 1 is 1.23 bits per heavy atom. The van der Waals surface area contributed by atoms with E-state index in [0.717, 1.165) is 61.7 Å². The first-order chi connectivity index (χ1) is 14.4. The maximum absolute atomic E-state index is 12.3. The number of aryl methyl sites for hydroxylation is 1. The molecule has 30 heavy (non-hydrogen) atoms. The molecule has 2 aromatic rings. The van der Waals surface area contributed by atoms with Crippen LogP contribution >= 0.6 is 0 Å². The van der Waals surface area contributed by atoms with Gasteiger partial charge in [0.25, 0.3) is 0 Å². The van der Waals surface area contributed by atoms with Crippen molar-refractivity contribution < 1.29 is 22.7 Å². The molecule has 1 fully saturated rings. The molecule has 1 unspecified atom stereocenters. The number of nitrogens with one attached hydrogen (secondary N) is 2. The Balaban J connectivity index is 1.65. The van der Waals surface area contributed by atoms with Gasteiger partial charge in [0.15, 0.2) is 0 Å². The molecule has 0 spiro atoms. The van der Waals surface area contributed by atoms with Crippen LogP contribution in [0.1, 0.15) is 30.4 Å². The zero-order valence-electron chi connectivity index (χ0n) is 16.8. The van der Waals surface area contributed by atoms with Gasteiger partial charge in [0, 0.05) is 24.4 Å². The first-order valence-corrected chi connectivity index (χ1v) is 11.9. The minimum Gasteiger partial charge on any atom is -0.472 e. The number of carbonyl (C=O) groups excluding carboxylic acids is 1. The average Bonchev–Trinajstić information content (AvgIpc) is 3.17. The SMILES string of the molecule is CS(=O)(=O)NC(=O)Nc1c(-c2ccnc(OC3CCCOC3)c2)ccc2c1CCC2. The van der Waals surface area contributed by atoms with Crippen LogP contribution < -0.4 is 14.8 Å². The number of sulfonamides is 1. The summed E-state index contributed by atoms with van der Waals surface area (Å²) in [5.41, 5.74) is 4.46. The van der Waals surface area contributed by atoms with E-state index in [1.165, 1.54) is 5.56 Å². The maximum atomic E-state index is 12.3. The lowest BCUT2D eigenvalue weighted by Crippen LogP contribution is -2.33. The summed E-state index contributed by atoms with van der Waals surface area (Å²) in [6.45, 7) is 1.30. The zero-order chi connectivity index (χ0) is 21.1. The summed E-state index contributed by atoms with van der Waals surface area (Å²) < 4.78 is 36.3. The number of aromatic nitrogens is 1. The number of ether oxygens (including phenoxy) is 2. The standard InChI is InChI=1S/C21H25N3O5S/c1-30(26,27)24-21(25)23-20-17-6-2-4-14(17)7-8-18(20)15-9-10-22-19(12-15)29-16-5-3-11-28-13-16/h7-10,12,16H,2-6,11,13H2,1H3,(H2,23,24,25). The maximum Gasteiger partial charge on any atom is 0.332 e. The first kappa shape index (κ1) is 20.6. The van der Waals surface area contributed by atoms with Crippen molar-refractivity contribution in [3.05, 3.63) is 41.6 Å². The number of nitrogens with zero attached hydrogens (tertiary/aromatic N) is 1. The highest BCUT2D eigenvalue weighted by Gasteiger charge is 2.22. The molecule has 0 saturated carbocycles. The second kappa shape index (κ2) is 8.61. The second-order valence-corrected chi connectivity index (χ2v) is 9.40. The van der Waals surface area contributed by atoms with Crippen LogP contribution in [0.5, 0.6) is 5.88 Å². The summed E-state index contributed by atoms with van der Waals surface area (Å²) in [6.07, 6.45) is 7.22. The smallest absolute Gasteiger partial charge is 0.332 e. The van der Waals surface area contributed by atoms with Gasteiger partial charge < -0.3 is 14.8 Å². The number of hydrogen-bond donors (Lipinski definition) is 2. The van der Waals surface area contributed by atoms with E-state index in [0.29, 0.717) is 18.2 Å². The summed E-state index contributed by atoms with van der Waals surface area (Å²) >= 11 is 0. The van der Waals surface area contributed by atoms with E-state index < -0.39 is 16.1 Å². The monoisotopic (exact) mass is 431 g/mol. The van der Waals surface area contributed by atoms with E-state index in [4.69, 9.17) is 9.47 Å². The minimum atomic E-state index is -3.66. The first-order valence-electron chi connectivity index (χ1n) is 10.0. The quantitative estimate of drug-likeness (QED) is 0.754. The molecule has 1 aromatic carbocycles. The lowest BCUT2D eigenvalue weighted by atomic mass is 9.98. The van der Waals surface area contributed by atoms with Gasteiger partial charge in [-0.1, -0.05) is 12.1 Å². The molecular formula is C21H25N3O5S. The molecule has 1 aliphatic heterocycles. The van der Waals surface area contributed by atoms with E-state index in [-0.39, 0.29) is 6.10 Å². The van der Waals surface area contributed by atoms with Crippen molar-refractivity contribution in [3.8, 4) is 17.0 Å². The van der Waals surface area contributed by atoms with Crippen molar-refractivity contribution in [2.75, 3.05) is 24.8 Å². The van der Waals surface area contributed by atoms with Crippen molar-refractivity contribution in [1.29, 1.82) is 0 Å². The molecule has 2 aliphatic rings. The highest BCUT2D eigenvalue weighted by Crippen LogP contribution is 2.38. The topological polar surface area (TPSA) is 107 Å². The van der Waals surface area contributed by atoms with Gasteiger partial charge in [-0.15, -0.1) is 0 Å². The number of fused-ring (bicyclic) bond motifs is 1. The fourth-order valence-electron chi connectivity index (χ4n) is 3.97. The van der Waals surface area contributed by atoms with Gasteiger partial charge in [-0.3, -0.25) is 0 Å². The fourth-order valence-corrected chi connectivity index (χ4v) is 4.36. The summed E-state index contributed by atoms with van der Waals surface area (Å²) in [5, 5.41) is 2.76. The van der Waals surface area contributed by atoms with Crippen molar-refractivity contribution in [3.63, 3.8) is 0 Å². The minimum absolute atomic E-state index is 0.0281. The van der Waals surface area contributed by atoms with Crippen molar-refractivity contribution >= 4 is 21.7 Å². The number of hydrogen-bond acceptors (Lipinski definition) is 6. The van der Waals surface area contributed by atoms with Crippen molar-refractivity contribution in [1.82, 2.24) is 9.71 Å². The predicted octanol–water partition coefficient (Wildman–Crippen LogP) is 2.88. The summed E-state index contributed by atoms with van der Waals surface area (Å²) in [4.78, 5) is 16.6. The molecule has 0 radical (unpaired) electrons. The number of pyridine rings is 1. The highest BCUT2D eigenvalue weighted by molar-refractivity contribution is 7.89. The Labute approximate surface area is 176 Å². The van der Waals surface area contributed by atoms with Crippen LogP contribution in [-0.2, 0) is 27.6 Å². The molecule has 2 heterocycles. The normalized spacial score (nSPS) is 18.5. The van der Waals surface area contributed by atoms with Crippen molar-refractivity contribution in [2.24, 2.45) is 0 Å². The van der Waals surface area contributed by atoms with E-state index in [9.17, 15) is 13.2 Å². The Hall–Kier alpha value is -2.65. The summed E-state index contributed by atoms with van der Waals surface area (Å²) in [5.74, 6) is 0.495. The lowest BCUT2D eigenvalue weighted by Gasteiger charge is -2.23. The molecule has 2 amide bonds. The van der Waals surface area contributed by atoms with Crippen LogP contribution in [0, 0.1) is 0 Å². The zero-order valence-corrected chi connectivity index (χ0v) is 17.6. The Bertz CT molecular complexity index is 1050.